The minimum absolute atomic E-state index is 0.124. The zero-order chi connectivity index (χ0) is 24.0. The fourth-order valence-corrected chi connectivity index (χ4v) is 3.55. The molecule has 0 radical (unpaired) electrons. The number of aryl methyl sites for hydroxylation is 2. The van der Waals surface area contributed by atoms with Gasteiger partial charge in [0.1, 0.15) is 6.61 Å². The van der Waals surface area contributed by atoms with E-state index in [0.717, 1.165) is 5.56 Å². The highest BCUT2D eigenvalue weighted by atomic mass is 79.9. The average molecular weight is 512 g/mol. The summed E-state index contributed by atoms with van der Waals surface area (Å²) in [7, 11) is 1.54. The summed E-state index contributed by atoms with van der Waals surface area (Å²) in [6, 6.07) is 15.8. The fraction of sp³-hybridized carbons (Fsp3) is 0.167. The number of nitrogens with one attached hydrogen (secondary N) is 1. The van der Waals surface area contributed by atoms with Crippen molar-refractivity contribution in [1.82, 2.24) is 5.43 Å². The maximum atomic E-state index is 12.3. The summed E-state index contributed by atoms with van der Waals surface area (Å²) in [4.78, 5) is 22.9. The third kappa shape index (κ3) is 6.17. The first-order chi connectivity index (χ1) is 15.8. The van der Waals surface area contributed by atoms with E-state index in [1.165, 1.54) is 37.1 Å². The van der Waals surface area contributed by atoms with Crippen LogP contribution in [0.5, 0.6) is 11.5 Å². The molecule has 0 aliphatic heterocycles. The summed E-state index contributed by atoms with van der Waals surface area (Å²) >= 11 is 3.49. The Morgan fingerprint density at radius 2 is 1.88 bits per heavy atom. The largest absolute Gasteiger partial charge is 0.493 e. The number of carbonyl (C=O) groups is 1. The molecule has 0 fully saturated rings. The Kier molecular flexibility index (Phi) is 7.78. The number of nitro benzene ring substituents is 1. The van der Waals surface area contributed by atoms with E-state index in [0.29, 0.717) is 33.7 Å². The number of rotatable bonds is 8. The van der Waals surface area contributed by atoms with Crippen molar-refractivity contribution in [1.29, 1.82) is 0 Å². The second kappa shape index (κ2) is 10.7. The summed E-state index contributed by atoms with van der Waals surface area (Å²) < 4.78 is 12.1. The van der Waals surface area contributed by atoms with Crippen molar-refractivity contribution in [3.63, 3.8) is 0 Å². The molecule has 0 atom stereocenters. The molecule has 8 nitrogen and oxygen atoms in total. The topological polar surface area (TPSA) is 103 Å². The molecule has 0 spiro atoms. The van der Waals surface area contributed by atoms with Gasteiger partial charge in [-0.1, -0.05) is 35.9 Å². The molecule has 3 aromatic carbocycles. The minimum atomic E-state index is -0.557. The molecular weight excluding hydrogens is 490 g/mol. The number of benzene rings is 3. The van der Waals surface area contributed by atoms with Gasteiger partial charge in [0.05, 0.1) is 22.7 Å². The van der Waals surface area contributed by atoms with Crippen LogP contribution in [0.25, 0.3) is 0 Å². The van der Waals surface area contributed by atoms with Gasteiger partial charge in [-0.25, -0.2) is 5.43 Å². The SMILES string of the molecule is COc1cc(/C=N/NC(=O)c2ccc(C)c([N+](=O)[O-])c2)cc(Br)c1OCc1ccc(C)cc1. The molecule has 0 aromatic heterocycles. The Labute approximate surface area is 199 Å². The molecule has 0 unspecified atom stereocenters. The fourth-order valence-electron chi connectivity index (χ4n) is 2.97. The van der Waals surface area contributed by atoms with Crippen molar-refractivity contribution in [2.45, 2.75) is 20.5 Å². The Morgan fingerprint density at radius 1 is 1.15 bits per heavy atom. The van der Waals surface area contributed by atoms with Gasteiger partial charge in [0.2, 0.25) is 0 Å². The number of halogens is 1. The predicted molar refractivity (Wildman–Crippen MR) is 129 cm³/mol. The molecule has 0 saturated heterocycles. The molecule has 1 amide bonds. The van der Waals surface area contributed by atoms with Gasteiger partial charge < -0.3 is 9.47 Å². The van der Waals surface area contributed by atoms with Crippen LogP contribution in [0, 0.1) is 24.0 Å². The van der Waals surface area contributed by atoms with Gasteiger partial charge in [0.15, 0.2) is 11.5 Å². The lowest BCUT2D eigenvalue weighted by Crippen LogP contribution is -2.17. The van der Waals surface area contributed by atoms with Crippen LogP contribution in [0.15, 0.2) is 64.2 Å². The Balaban J connectivity index is 1.70. The second-order valence-electron chi connectivity index (χ2n) is 7.27. The highest BCUT2D eigenvalue weighted by Crippen LogP contribution is 2.36. The van der Waals surface area contributed by atoms with Crippen LogP contribution in [-0.4, -0.2) is 24.2 Å². The predicted octanol–water partition coefficient (Wildman–Crippen LogP) is 5.33. The van der Waals surface area contributed by atoms with Crippen molar-refractivity contribution in [2.24, 2.45) is 5.10 Å². The van der Waals surface area contributed by atoms with Gasteiger partial charge >= 0.3 is 0 Å². The van der Waals surface area contributed by atoms with E-state index >= 15 is 0 Å². The van der Waals surface area contributed by atoms with E-state index in [-0.39, 0.29) is 11.3 Å². The van der Waals surface area contributed by atoms with Crippen molar-refractivity contribution in [3.8, 4) is 11.5 Å². The quantitative estimate of drug-likeness (QED) is 0.250. The maximum Gasteiger partial charge on any atom is 0.273 e. The van der Waals surface area contributed by atoms with Crippen LogP contribution in [0.4, 0.5) is 5.69 Å². The number of nitrogens with zero attached hydrogens (tertiary/aromatic N) is 2. The van der Waals surface area contributed by atoms with Gasteiger partial charge in [-0.15, -0.1) is 0 Å². The number of amides is 1. The number of ether oxygens (including phenoxy) is 2. The van der Waals surface area contributed by atoms with Crippen molar-refractivity contribution < 1.29 is 19.2 Å². The summed E-state index contributed by atoms with van der Waals surface area (Å²) in [6.45, 7) is 4.01. The summed E-state index contributed by atoms with van der Waals surface area (Å²) in [5.74, 6) is 0.489. The molecule has 0 aliphatic rings. The molecule has 1 N–H and O–H groups in total. The third-order valence-electron chi connectivity index (χ3n) is 4.80. The van der Waals surface area contributed by atoms with E-state index in [9.17, 15) is 14.9 Å². The molecule has 170 valence electrons. The monoisotopic (exact) mass is 511 g/mol. The van der Waals surface area contributed by atoms with Crippen LogP contribution >= 0.6 is 15.9 Å². The lowest BCUT2D eigenvalue weighted by Gasteiger charge is -2.13. The van der Waals surface area contributed by atoms with E-state index in [2.05, 4.69) is 26.5 Å². The van der Waals surface area contributed by atoms with Gasteiger partial charge in [0, 0.05) is 17.2 Å². The van der Waals surface area contributed by atoms with Crippen molar-refractivity contribution in [3.05, 3.63) is 97.0 Å². The maximum absolute atomic E-state index is 12.3. The van der Waals surface area contributed by atoms with Crippen LogP contribution < -0.4 is 14.9 Å². The number of nitro groups is 1. The number of hydrogen-bond acceptors (Lipinski definition) is 6. The summed E-state index contributed by atoms with van der Waals surface area (Å²) in [6.07, 6.45) is 1.44. The smallest absolute Gasteiger partial charge is 0.273 e. The molecule has 0 heterocycles. The first-order valence-corrected chi connectivity index (χ1v) is 10.7. The van der Waals surface area contributed by atoms with Crippen LogP contribution in [-0.2, 0) is 6.61 Å². The van der Waals surface area contributed by atoms with Crippen molar-refractivity contribution >= 4 is 33.7 Å². The van der Waals surface area contributed by atoms with Crippen LogP contribution in [0.2, 0.25) is 0 Å². The lowest BCUT2D eigenvalue weighted by atomic mass is 10.1. The second-order valence-corrected chi connectivity index (χ2v) is 8.12. The molecule has 3 aromatic rings. The zero-order valence-corrected chi connectivity index (χ0v) is 19.9. The summed E-state index contributed by atoms with van der Waals surface area (Å²) in [5, 5.41) is 15.0. The molecule has 3 rings (SSSR count). The highest BCUT2D eigenvalue weighted by molar-refractivity contribution is 9.10. The Bertz CT molecular complexity index is 1210. The van der Waals surface area contributed by atoms with Gasteiger partial charge in [0.25, 0.3) is 11.6 Å². The van der Waals surface area contributed by atoms with Crippen LogP contribution in [0.3, 0.4) is 0 Å². The zero-order valence-electron chi connectivity index (χ0n) is 18.3. The standard InChI is InChI=1S/C24H22BrN3O5/c1-15-4-7-17(8-5-15)14-33-23-20(25)10-18(11-22(23)32-3)13-26-27-24(29)19-9-6-16(2)21(12-19)28(30)31/h4-13H,14H2,1-3H3,(H,27,29)/b26-13+. The van der Waals surface area contributed by atoms with E-state index < -0.39 is 10.8 Å². The van der Waals surface area contributed by atoms with Gasteiger partial charge in [-0.05, 0) is 59.1 Å². The number of carbonyl (C=O) groups excluding carboxylic acids is 1. The Hall–Kier alpha value is -3.72. The Morgan fingerprint density at radius 3 is 2.55 bits per heavy atom. The number of methoxy groups -OCH3 is 1. The molecular formula is C24H22BrN3O5. The van der Waals surface area contributed by atoms with E-state index in [4.69, 9.17) is 9.47 Å². The number of hydrazone groups is 1. The summed E-state index contributed by atoms with van der Waals surface area (Å²) in [5.41, 5.74) is 5.72. The third-order valence-corrected chi connectivity index (χ3v) is 5.39. The molecule has 33 heavy (non-hydrogen) atoms. The first kappa shape index (κ1) is 23.9. The van der Waals surface area contributed by atoms with E-state index in [1.807, 2.05) is 31.2 Å². The number of hydrogen-bond donors (Lipinski definition) is 1. The molecule has 9 heteroatoms. The molecule has 0 saturated carbocycles. The first-order valence-electron chi connectivity index (χ1n) is 9.93. The van der Waals surface area contributed by atoms with Crippen molar-refractivity contribution in [2.75, 3.05) is 7.11 Å². The van der Waals surface area contributed by atoms with E-state index in [1.54, 1.807) is 19.1 Å². The lowest BCUT2D eigenvalue weighted by molar-refractivity contribution is -0.385. The average Bonchev–Trinajstić information content (AvgIpc) is 2.79. The van der Waals surface area contributed by atoms with Gasteiger partial charge in [-0.3, -0.25) is 14.9 Å². The minimum Gasteiger partial charge on any atom is -0.493 e. The molecule has 0 aliphatic carbocycles. The van der Waals surface area contributed by atoms with Crippen LogP contribution in [0.1, 0.15) is 32.6 Å². The van der Waals surface area contributed by atoms with Gasteiger partial charge in [-0.2, -0.15) is 5.10 Å². The molecule has 0 bridgehead atoms. The highest BCUT2D eigenvalue weighted by Gasteiger charge is 2.15. The normalized spacial score (nSPS) is 10.8.